The van der Waals surface area contributed by atoms with Gasteiger partial charge in [-0.05, 0) is 93.5 Å². The maximum Gasteiger partial charge on any atom is 0.373 e. The number of fused-ring (bicyclic) bond motifs is 1. The van der Waals surface area contributed by atoms with Crippen molar-refractivity contribution in [1.29, 1.82) is 0 Å². The van der Waals surface area contributed by atoms with Crippen LogP contribution < -0.4 is 70.4 Å². The minimum atomic E-state index is -2.17. The third-order valence-corrected chi connectivity index (χ3v) is 19.3. The van der Waals surface area contributed by atoms with E-state index in [0.717, 1.165) is 57.4 Å². The van der Waals surface area contributed by atoms with Crippen molar-refractivity contribution >= 4 is 135 Å². The number of hydrogen-bond acceptors (Lipinski definition) is 26. The van der Waals surface area contributed by atoms with Gasteiger partial charge in [0.1, 0.15) is 42.4 Å². The van der Waals surface area contributed by atoms with Gasteiger partial charge in [0, 0.05) is 90.2 Å². The standard InChI is InChI=1S/C78H106N14O22.2CO2/c1-7-8-9-10-11-12-18-46-24-26-47(27-25-46)73(108)90-57(32-48-37-82-53-22-16-14-19-49(48)53)76(111)88-55(35-64(81)98)61(95)30-43(4)71(106)92-69-45(6)114-78(113)58(34-60(94)50-20-13-15-21-52(50)80)91-74(109)51(41(2)31-67(101)102)33-63(97)59(40-93)87-66(100)38-83-72(107)44(5)85-70(105)42(3)29-62(96)56(36-68(103)104)89-75(110)54(23-17-28-79)86-65(99)39-84-77(69)112;2*2-1-3/h13-16,19-22,24-27,37,41-45,51,54-59,69,82,93H,7-12,17-18,23,28-36,38-40,79-80H2,1-6H3,(H2,81,98)(H,83,107)(H,84,112)(H,85,105)(H,86,99)(H,87,100)(H,88,111)(H,89,110)(H,90,108)(H,91,109)(H,92,106)(H,101,102)(H,103,104);;/t41-,42+,43-,44+,45-,51+,54+,55-,56+,57+,58+,59-,69+;;/m1../s1. The quantitative estimate of drug-likeness (QED) is 0.0116. The van der Waals surface area contributed by atoms with Crippen LogP contribution in [0.5, 0.6) is 0 Å². The molecule has 4 aromatic rings. The minimum Gasteiger partial charge on any atom is -0.481 e. The van der Waals surface area contributed by atoms with Gasteiger partial charge < -0.3 is 95.4 Å². The van der Waals surface area contributed by atoms with Crippen LogP contribution in [0.25, 0.3) is 10.9 Å². The number of carboxylic acid groups (broad SMARTS) is 2. The van der Waals surface area contributed by atoms with E-state index < -0.39 is 249 Å². The predicted octanol–water partition coefficient (Wildman–Crippen LogP) is -1.35. The van der Waals surface area contributed by atoms with Crippen molar-refractivity contribution in [1.82, 2.24) is 58.2 Å². The summed E-state index contributed by atoms with van der Waals surface area (Å²) in [6.45, 7) is 4.79. The van der Waals surface area contributed by atoms with Crippen molar-refractivity contribution in [2.75, 3.05) is 32.0 Å². The second-order valence-corrected chi connectivity index (χ2v) is 28.8. The number of primary amides is 1. The number of aryl methyl sites for hydroxylation is 1. The predicted molar refractivity (Wildman–Crippen MR) is 421 cm³/mol. The average Bonchev–Trinajstić information content (AvgIpc) is 1.67. The number of carbonyl (C=O) groups excluding carboxylic acids is 20. The summed E-state index contributed by atoms with van der Waals surface area (Å²) in [5.41, 5.74) is 19.7. The number of rotatable bonds is 32. The normalized spacial score (nSPS) is 20.6. The van der Waals surface area contributed by atoms with Crippen molar-refractivity contribution in [2.24, 2.45) is 35.1 Å². The number of benzene rings is 3. The number of unbranched alkanes of at least 4 members (excludes halogenated alkanes) is 5. The van der Waals surface area contributed by atoms with Gasteiger partial charge in [0.25, 0.3) is 5.91 Å². The number of aliphatic carboxylic acids is 2. The van der Waals surface area contributed by atoms with Crippen LogP contribution in [0.2, 0.25) is 0 Å². The minimum absolute atomic E-state index is 0.0116. The maximum absolute atomic E-state index is 14.8. The Balaban J connectivity index is 0.00000601. The van der Waals surface area contributed by atoms with E-state index in [9.17, 15) is 102 Å². The van der Waals surface area contributed by atoms with Crippen LogP contribution in [0.1, 0.15) is 170 Å². The first-order valence-corrected chi connectivity index (χ1v) is 38.7. The lowest BCUT2D eigenvalue weighted by molar-refractivity contribution is -0.193. The van der Waals surface area contributed by atoms with Crippen LogP contribution in [0.3, 0.4) is 0 Å². The van der Waals surface area contributed by atoms with Gasteiger partial charge in [-0.3, -0.25) is 81.5 Å². The van der Waals surface area contributed by atoms with E-state index in [1.807, 2.05) is 12.1 Å². The Morgan fingerprint density at radius 3 is 1.81 bits per heavy atom. The van der Waals surface area contributed by atoms with E-state index in [0.29, 0.717) is 16.5 Å². The van der Waals surface area contributed by atoms with Crippen LogP contribution >= 0.6 is 0 Å². The Kier molecular flexibility index (Phi) is 44.3. The Labute approximate surface area is 689 Å². The molecule has 40 nitrogen and oxygen atoms in total. The smallest absolute Gasteiger partial charge is 0.373 e. The van der Waals surface area contributed by atoms with E-state index in [-0.39, 0.29) is 54.9 Å². The van der Waals surface area contributed by atoms with Crippen LogP contribution in [-0.4, -0.2) is 219 Å². The maximum atomic E-state index is 14.8. The van der Waals surface area contributed by atoms with E-state index in [4.69, 9.17) is 41.1 Å². The molecule has 3 aromatic carbocycles. The molecule has 20 N–H and O–H groups in total. The summed E-state index contributed by atoms with van der Waals surface area (Å²) in [5, 5.41) is 54.4. The molecule has 1 aromatic heterocycles. The number of cyclic esters (lactones) is 1. The lowest BCUT2D eigenvalue weighted by Crippen LogP contribution is -2.58. The summed E-state index contributed by atoms with van der Waals surface area (Å²) < 4.78 is 5.79. The van der Waals surface area contributed by atoms with E-state index in [1.165, 1.54) is 52.0 Å². The number of nitrogens with one attached hydrogen (secondary N) is 11. The second kappa shape index (κ2) is 52.6. The largest absolute Gasteiger partial charge is 0.481 e. The Morgan fingerprint density at radius 1 is 0.608 bits per heavy atom. The number of para-hydroxylation sites is 2. The van der Waals surface area contributed by atoms with Gasteiger partial charge >= 0.3 is 30.2 Å². The van der Waals surface area contributed by atoms with E-state index in [2.05, 4.69) is 65.1 Å². The molecular weight excluding hydrogens is 1570 g/mol. The molecule has 652 valence electrons. The molecule has 1 aliphatic heterocycles. The van der Waals surface area contributed by atoms with Crippen LogP contribution in [0, 0.1) is 23.7 Å². The van der Waals surface area contributed by atoms with Crippen molar-refractivity contribution in [3.8, 4) is 0 Å². The monoisotopic (exact) mass is 1680 g/mol. The molecule has 5 rings (SSSR count). The summed E-state index contributed by atoms with van der Waals surface area (Å²) >= 11 is 0. The number of amides is 11. The Bertz CT molecular complexity index is 4330. The number of Topliss-reactive ketones (excluding diaryl/α,β-unsaturated/α-hetero) is 4. The number of carboxylic acids is 2. The number of hydrogen-bond donors (Lipinski definition) is 17. The number of ketones is 4. The summed E-state index contributed by atoms with van der Waals surface area (Å²) in [6, 6.07) is 5.18. The fraction of sp³-hybridized carbons (Fsp3) is 0.500. The van der Waals surface area contributed by atoms with Crippen molar-refractivity contribution < 1.29 is 126 Å². The Hall–Kier alpha value is -13.1. The highest BCUT2D eigenvalue weighted by atomic mass is 16.5. The highest BCUT2D eigenvalue weighted by molar-refractivity contribution is 6.05. The van der Waals surface area contributed by atoms with Gasteiger partial charge in [0.05, 0.1) is 44.6 Å². The Morgan fingerprint density at radius 2 is 1.20 bits per heavy atom. The van der Waals surface area contributed by atoms with Gasteiger partial charge in [-0.1, -0.05) is 102 Å². The topological polar surface area (TPSA) is 660 Å². The molecule has 1 fully saturated rings. The molecule has 2 heterocycles. The number of nitrogen functional groups attached to an aromatic ring is 1. The number of carbonyl (C=O) groups is 18. The number of aliphatic hydroxyl groups is 1. The second-order valence-electron chi connectivity index (χ2n) is 28.8. The fourth-order valence-electron chi connectivity index (χ4n) is 12.6. The molecule has 40 heteroatoms. The number of anilines is 1. The van der Waals surface area contributed by atoms with Crippen molar-refractivity contribution in [2.45, 2.75) is 205 Å². The van der Waals surface area contributed by atoms with Crippen LogP contribution in [0.15, 0.2) is 79.0 Å². The first-order valence-electron chi connectivity index (χ1n) is 38.7. The van der Waals surface area contributed by atoms with Crippen molar-refractivity contribution in [3.05, 3.63) is 101 Å². The first-order chi connectivity index (χ1) is 56.9. The van der Waals surface area contributed by atoms with Crippen LogP contribution in [-0.2, 0) is 113 Å². The van der Waals surface area contributed by atoms with Gasteiger partial charge in [-0.25, -0.2) is 4.79 Å². The molecule has 1 aliphatic rings. The zero-order valence-electron chi connectivity index (χ0n) is 67.3. The highest BCUT2D eigenvalue weighted by Crippen LogP contribution is 2.25. The third kappa shape index (κ3) is 35.0. The molecule has 13 atom stereocenters. The molecule has 0 aliphatic carbocycles. The number of H-pyrrole nitrogens is 1. The SMILES string of the molecule is CCCCCCCCc1ccc(C(=O)N[C@@H](Cc2c[nH]c3ccccc23)C(=O)N[C@H](CC(N)=O)C(=O)C[C@@H](C)C(=O)N[C@@H]2C(=O)NCC(=O)N[C@@H](CCCN)C(=O)N[C@@H](CC(=O)O)C(=O)C[C@H](C)C(=O)N[C@@H](C)C(=O)NCC(=O)N[C@H](CO)C(=O)C[C@@H]([C@H](C)CC(=O)O)C(=O)N[C@@H](CC(=O)c3ccccc3N)C(=O)O[C@@H]2C)cc1.O=C=O.O=C=O. The molecule has 11 amide bonds. The fourth-order valence-corrected chi connectivity index (χ4v) is 12.6. The molecular formula is C80H106N14O26. The first kappa shape index (κ1) is 101. The summed E-state index contributed by atoms with van der Waals surface area (Å²) in [4.78, 5) is 284. The lowest BCUT2D eigenvalue weighted by atomic mass is 9.84. The third-order valence-electron chi connectivity index (χ3n) is 19.3. The van der Waals surface area contributed by atoms with Crippen molar-refractivity contribution in [3.63, 3.8) is 0 Å². The van der Waals surface area contributed by atoms with Gasteiger partial charge in [-0.15, -0.1) is 0 Å². The summed E-state index contributed by atoms with van der Waals surface area (Å²) in [6.07, 6.45) is 0.758. The number of ether oxygens (including phenoxy) is 1. The molecule has 1 saturated heterocycles. The molecule has 120 heavy (non-hydrogen) atoms. The zero-order chi connectivity index (χ0) is 89.9. The molecule has 0 unspecified atom stereocenters. The van der Waals surface area contributed by atoms with E-state index in [1.54, 1.807) is 42.6 Å². The number of aromatic nitrogens is 1. The van der Waals surface area contributed by atoms with Gasteiger partial charge in [0.2, 0.25) is 59.1 Å². The summed E-state index contributed by atoms with van der Waals surface area (Å²) in [7, 11) is 0. The summed E-state index contributed by atoms with van der Waals surface area (Å²) in [5.74, 6) is -26.5. The average molecular weight is 1680 g/mol. The highest BCUT2D eigenvalue weighted by Gasteiger charge is 2.40. The molecule has 0 radical (unpaired) electrons. The molecule has 0 bridgehead atoms. The molecule has 0 saturated carbocycles. The van der Waals surface area contributed by atoms with Crippen LogP contribution in [0.4, 0.5) is 5.69 Å². The number of esters is 1. The number of aliphatic hydroxyl groups excluding tert-OH is 1. The number of aromatic amines is 1. The van der Waals surface area contributed by atoms with Gasteiger partial charge in [-0.2, -0.15) is 19.2 Å². The number of nitrogens with two attached hydrogens (primary N) is 3. The molecule has 0 spiro atoms. The lowest BCUT2D eigenvalue weighted by Gasteiger charge is -2.29. The van der Waals surface area contributed by atoms with Gasteiger partial charge in [0.15, 0.2) is 23.1 Å². The van der Waals surface area contributed by atoms with E-state index >= 15 is 0 Å². The zero-order valence-corrected chi connectivity index (χ0v) is 67.3.